The first kappa shape index (κ1) is 24.1. The lowest BCUT2D eigenvalue weighted by molar-refractivity contribution is -0.132. The van der Waals surface area contributed by atoms with Crippen molar-refractivity contribution in [1.29, 1.82) is 0 Å². The second kappa shape index (κ2) is 9.25. The van der Waals surface area contributed by atoms with E-state index in [1.54, 1.807) is 42.5 Å². The predicted molar refractivity (Wildman–Crippen MR) is 142 cm³/mol. The van der Waals surface area contributed by atoms with Gasteiger partial charge in [0.2, 0.25) is 0 Å². The molecule has 1 saturated heterocycles. The molecule has 9 heteroatoms. The number of ether oxygens (including phenoxy) is 2. The van der Waals surface area contributed by atoms with Gasteiger partial charge in [0.05, 0.1) is 28.4 Å². The number of aromatic nitrogens is 1. The maximum atomic E-state index is 13.9. The molecule has 0 unspecified atom stereocenters. The summed E-state index contributed by atoms with van der Waals surface area (Å²) in [4.78, 5) is 32.8. The van der Waals surface area contributed by atoms with Crippen LogP contribution in [-0.4, -0.2) is 34.5 Å². The number of Topliss-reactive ketones (excluding diaryl/α,β-unsaturated/α-hetero) is 1. The van der Waals surface area contributed by atoms with Crippen LogP contribution in [0.5, 0.6) is 11.5 Å². The molecule has 3 aromatic carbocycles. The third-order valence-electron chi connectivity index (χ3n) is 6.64. The smallest absolute Gasteiger partial charge is 0.301 e. The highest BCUT2D eigenvalue weighted by molar-refractivity contribution is 7.22. The molecule has 38 heavy (non-hydrogen) atoms. The van der Waals surface area contributed by atoms with E-state index in [4.69, 9.17) is 9.47 Å². The van der Waals surface area contributed by atoms with Crippen molar-refractivity contribution in [2.45, 2.75) is 32.4 Å². The minimum Gasteiger partial charge on any atom is -0.507 e. The van der Waals surface area contributed by atoms with Gasteiger partial charge in [-0.3, -0.25) is 14.5 Å². The van der Waals surface area contributed by atoms with Crippen molar-refractivity contribution in [3.05, 3.63) is 88.7 Å². The van der Waals surface area contributed by atoms with Crippen LogP contribution < -0.4 is 14.4 Å². The van der Waals surface area contributed by atoms with Gasteiger partial charge in [-0.2, -0.15) is 0 Å². The Hall–Kier alpha value is -4.24. The van der Waals surface area contributed by atoms with Gasteiger partial charge in [-0.1, -0.05) is 23.5 Å². The maximum absolute atomic E-state index is 13.9. The molecule has 2 aliphatic rings. The summed E-state index contributed by atoms with van der Waals surface area (Å²) < 4.78 is 25.9. The van der Waals surface area contributed by atoms with Crippen LogP contribution in [0.4, 0.5) is 9.52 Å². The molecule has 2 atom stereocenters. The zero-order chi connectivity index (χ0) is 26.6. The number of carbonyl (C=O) groups excluding carboxylic acids is 2. The van der Waals surface area contributed by atoms with Gasteiger partial charge in [-0.25, -0.2) is 9.37 Å². The lowest BCUT2D eigenvalue weighted by Gasteiger charge is -2.23. The van der Waals surface area contributed by atoms with Crippen molar-refractivity contribution >= 4 is 44.1 Å². The van der Waals surface area contributed by atoms with Gasteiger partial charge in [-0.05, 0) is 73.5 Å². The Morgan fingerprint density at radius 1 is 1.18 bits per heavy atom. The Morgan fingerprint density at radius 2 is 2.03 bits per heavy atom. The number of hydrogen-bond acceptors (Lipinski definition) is 7. The van der Waals surface area contributed by atoms with E-state index in [9.17, 15) is 19.1 Å². The number of carbonyl (C=O) groups is 2. The zero-order valence-corrected chi connectivity index (χ0v) is 21.4. The number of thiazole rings is 1. The number of benzene rings is 3. The lowest BCUT2D eigenvalue weighted by atomic mass is 9.94. The van der Waals surface area contributed by atoms with Gasteiger partial charge in [-0.15, -0.1) is 0 Å². The SMILES string of the molecule is CCOc1cccc([C@@H]2/C(=C(\O)c3ccc4c(c3)C[C@H](C)O4)C(=O)C(=O)N2c2nc3ccc(F)cc3s2)c1. The van der Waals surface area contributed by atoms with E-state index in [0.29, 0.717) is 40.1 Å². The molecular formula is C29H23FN2O5S. The number of nitrogens with zero attached hydrogens (tertiary/aromatic N) is 2. The molecule has 1 N–H and O–H groups in total. The van der Waals surface area contributed by atoms with Gasteiger partial charge in [0.25, 0.3) is 5.78 Å². The molecule has 1 aromatic heterocycles. The summed E-state index contributed by atoms with van der Waals surface area (Å²) in [6.07, 6.45) is 0.686. The van der Waals surface area contributed by atoms with Crippen LogP contribution >= 0.6 is 11.3 Å². The second-order valence-electron chi connectivity index (χ2n) is 9.24. The summed E-state index contributed by atoms with van der Waals surface area (Å²) in [6.45, 7) is 4.25. The van der Waals surface area contributed by atoms with Gasteiger partial charge in [0, 0.05) is 12.0 Å². The Bertz CT molecular complexity index is 1650. The van der Waals surface area contributed by atoms with Crippen LogP contribution in [0, 0.1) is 5.82 Å². The normalized spacial score (nSPS) is 20.1. The first-order valence-electron chi connectivity index (χ1n) is 12.2. The summed E-state index contributed by atoms with van der Waals surface area (Å²) in [5.74, 6) is -1.07. The standard InChI is InChI=1S/C29H23FN2O5S/c1-3-36-20-6-4-5-16(13-20)25-24(26(33)17-7-10-22-18(12-17)11-15(2)37-22)27(34)28(35)32(25)29-31-21-9-8-19(30)14-23(21)38-29/h4-10,12-15,25,33H,3,11H2,1-2H3/b26-24+/t15-,25+/m0/s1. The average Bonchev–Trinajstić information content (AvgIpc) is 3.56. The maximum Gasteiger partial charge on any atom is 0.301 e. The average molecular weight is 531 g/mol. The van der Waals surface area contributed by atoms with E-state index < -0.39 is 23.5 Å². The first-order chi connectivity index (χ1) is 18.3. The Balaban J connectivity index is 1.54. The number of fused-ring (bicyclic) bond motifs is 2. The van der Waals surface area contributed by atoms with Crippen LogP contribution in [-0.2, 0) is 16.0 Å². The zero-order valence-electron chi connectivity index (χ0n) is 20.6. The minimum absolute atomic E-state index is 0.0122. The number of anilines is 1. The van der Waals surface area contributed by atoms with E-state index in [2.05, 4.69) is 4.98 Å². The fraction of sp³-hybridized carbons (Fsp3) is 0.207. The van der Waals surface area contributed by atoms with Crippen molar-refractivity contribution in [3.63, 3.8) is 0 Å². The van der Waals surface area contributed by atoms with Crippen molar-refractivity contribution in [2.75, 3.05) is 11.5 Å². The molecule has 0 bridgehead atoms. The molecule has 3 heterocycles. The Morgan fingerprint density at radius 3 is 2.84 bits per heavy atom. The van der Waals surface area contributed by atoms with Crippen LogP contribution in [0.2, 0.25) is 0 Å². The van der Waals surface area contributed by atoms with E-state index in [1.807, 2.05) is 13.8 Å². The Kier molecular flexibility index (Phi) is 5.87. The predicted octanol–water partition coefficient (Wildman–Crippen LogP) is 5.78. The molecule has 4 aromatic rings. The largest absolute Gasteiger partial charge is 0.507 e. The molecule has 6 rings (SSSR count). The van der Waals surface area contributed by atoms with Crippen LogP contribution in [0.1, 0.15) is 36.6 Å². The molecule has 0 aliphatic carbocycles. The molecule has 1 fully saturated rings. The van der Waals surface area contributed by atoms with Crippen molar-refractivity contribution in [3.8, 4) is 11.5 Å². The summed E-state index contributed by atoms with van der Waals surface area (Å²) in [5.41, 5.74) is 2.35. The topological polar surface area (TPSA) is 89.0 Å². The highest BCUT2D eigenvalue weighted by atomic mass is 32.1. The summed E-state index contributed by atoms with van der Waals surface area (Å²) in [5, 5.41) is 11.7. The van der Waals surface area contributed by atoms with Gasteiger partial charge >= 0.3 is 5.91 Å². The van der Waals surface area contributed by atoms with Gasteiger partial charge in [0.1, 0.15) is 29.2 Å². The van der Waals surface area contributed by atoms with Crippen molar-refractivity contribution in [2.24, 2.45) is 0 Å². The van der Waals surface area contributed by atoms with Gasteiger partial charge < -0.3 is 14.6 Å². The van der Waals surface area contributed by atoms with Crippen LogP contribution in [0.15, 0.2) is 66.2 Å². The van der Waals surface area contributed by atoms with Gasteiger partial charge in [0.15, 0.2) is 5.13 Å². The fourth-order valence-corrected chi connectivity index (χ4v) is 6.02. The van der Waals surface area contributed by atoms with Crippen LogP contribution in [0.3, 0.4) is 0 Å². The van der Waals surface area contributed by atoms with E-state index >= 15 is 0 Å². The van der Waals surface area contributed by atoms with E-state index in [-0.39, 0.29) is 22.6 Å². The lowest BCUT2D eigenvalue weighted by Crippen LogP contribution is -2.29. The number of aliphatic hydroxyl groups is 1. The number of rotatable bonds is 5. The molecule has 192 valence electrons. The first-order valence-corrected chi connectivity index (χ1v) is 13.1. The molecule has 1 amide bonds. The monoisotopic (exact) mass is 530 g/mol. The molecule has 0 saturated carbocycles. The molecule has 7 nitrogen and oxygen atoms in total. The number of halogens is 1. The highest BCUT2D eigenvalue weighted by Gasteiger charge is 2.48. The van der Waals surface area contributed by atoms with E-state index in [0.717, 1.165) is 22.6 Å². The molecular weight excluding hydrogens is 507 g/mol. The quantitative estimate of drug-likeness (QED) is 0.200. The number of aliphatic hydroxyl groups excluding tert-OH is 1. The number of hydrogen-bond donors (Lipinski definition) is 1. The third kappa shape index (κ3) is 3.99. The number of amides is 1. The number of ketones is 1. The molecule has 2 aliphatic heterocycles. The van der Waals surface area contributed by atoms with Crippen LogP contribution in [0.25, 0.3) is 16.0 Å². The Labute approximate surface area is 221 Å². The third-order valence-corrected chi connectivity index (χ3v) is 7.66. The van der Waals surface area contributed by atoms with Crippen molar-refractivity contribution in [1.82, 2.24) is 4.98 Å². The van der Waals surface area contributed by atoms with Crippen molar-refractivity contribution < 1.29 is 28.6 Å². The summed E-state index contributed by atoms with van der Waals surface area (Å²) in [6, 6.07) is 15.5. The summed E-state index contributed by atoms with van der Waals surface area (Å²) >= 11 is 1.10. The molecule has 0 radical (unpaired) electrons. The summed E-state index contributed by atoms with van der Waals surface area (Å²) in [7, 11) is 0. The second-order valence-corrected chi connectivity index (χ2v) is 10.2. The highest BCUT2D eigenvalue weighted by Crippen LogP contribution is 2.45. The van der Waals surface area contributed by atoms with E-state index in [1.165, 1.54) is 23.1 Å². The minimum atomic E-state index is -0.968. The fourth-order valence-electron chi connectivity index (χ4n) is 5.00. The molecule has 0 spiro atoms.